The molecule has 0 radical (unpaired) electrons. The number of carbonyl (C=O) groups excluding carboxylic acids is 1. The molecule has 0 atom stereocenters. The van der Waals surface area contributed by atoms with Gasteiger partial charge in [-0.2, -0.15) is 5.26 Å². The molecule has 1 aliphatic rings. The smallest absolute Gasteiger partial charge is 0.255 e. The van der Waals surface area contributed by atoms with Gasteiger partial charge in [0, 0.05) is 10.7 Å². The first kappa shape index (κ1) is 12.3. The predicted octanol–water partition coefficient (Wildman–Crippen LogP) is 2.67. The summed E-state index contributed by atoms with van der Waals surface area (Å²) in [5.41, 5.74) is -0.439. The summed E-state index contributed by atoms with van der Waals surface area (Å²) in [4.78, 5) is 15.9. The quantitative estimate of drug-likeness (QED) is 0.854. The molecule has 1 aliphatic carbocycles. The van der Waals surface area contributed by atoms with Crippen molar-refractivity contribution >= 4 is 33.4 Å². The highest BCUT2D eigenvalue weighted by Gasteiger charge is 2.39. The van der Waals surface area contributed by atoms with Crippen LogP contribution in [0.2, 0.25) is 5.15 Å². The van der Waals surface area contributed by atoms with E-state index < -0.39 is 5.54 Å². The van der Waals surface area contributed by atoms with Gasteiger partial charge in [-0.25, -0.2) is 4.98 Å². The van der Waals surface area contributed by atoms with Crippen molar-refractivity contribution in [1.29, 1.82) is 5.26 Å². The van der Waals surface area contributed by atoms with Gasteiger partial charge in [0.1, 0.15) is 10.7 Å². The third-order valence-corrected chi connectivity index (χ3v) is 3.56. The number of nitriles is 1. The third-order valence-electron chi connectivity index (χ3n) is 2.82. The summed E-state index contributed by atoms with van der Waals surface area (Å²) in [6.45, 7) is 0. The van der Waals surface area contributed by atoms with Crippen LogP contribution >= 0.6 is 27.5 Å². The van der Waals surface area contributed by atoms with Crippen molar-refractivity contribution in [3.63, 3.8) is 0 Å². The van der Waals surface area contributed by atoms with Crippen LogP contribution in [-0.2, 0) is 0 Å². The maximum Gasteiger partial charge on any atom is 0.255 e. The van der Waals surface area contributed by atoms with Crippen molar-refractivity contribution in [2.45, 2.75) is 24.8 Å². The highest BCUT2D eigenvalue weighted by atomic mass is 79.9. The molecular weight excluding hydrogens is 305 g/mol. The average Bonchev–Trinajstić information content (AvgIpc) is 2.26. The number of hydrogen-bond acceptors (Lipinski definition) is 3. The normalized spacial score (nSPS) is 16.8. The lowest BCUT2D eigenvalue weighted by Gasteiger charge is -2.35. The molecule has 17 heavy (non-hydrogen) atoms. The Kier molecular flexibility index (Phi) is 3.36. The van der Waals surface area contributed by atoms with Gasteiger partial charge in [0.05, 0.1) is 11.6 Å². The Labute approximate surface area is 112 Å². The van der Waals surface area contributed by atoms with Crippen LogP contribution in [0.1, 0.15) is 29.6 Å². The topological polar surface area (TPSA) is 65.8 Å². The zero-order chi connectivity index (χ0) is 12.5. The number of halogens is 2. The van der Waals surface area contributed by atoms with Crippen LogP contribution in [0.25, 0.3) is 0 Å². The number of amides is 1. The number of aromatic nitrogens is 1. The maximum atomic E-state index is 12.0. The van der Waals surface area contributed by atoms with Crippen LogP contribution < -0.4 is 5.32 Å². The molecule has 0 bridgehead atoms. The van der Waals surface area contributed by atoms with Gasteiger partial charge in [-0.05, 0) is 41.3 Å². The Balaban J connectivity index is 2.20. The molecule has 0 unspecified atom stereocenters. The van der Waals surface area contributed by atoms with Gasteiger partial charge in [-0.1, -0.05) is 11.6 Å². The molecule has 4 nitrogen and oxygen atoms in total. The van der Waals surface area contributed by atoms with Crippen molar-refractivity contribution in [3.05, 3.63) is 27.5 Å². The van der Waals surface area contributed by atoms with E-state index in [1.165, 1.54) is 6.20 Å². The maximum absolute atomic E-state index is 12.0. The lowest BCUT2D eigenvalue weighted by Crippen LogP contribution is -2.52. The van der Waals surface area contributed by atoms with E-state index in [1.807, 2.05) is 0 Å². The zero-order valence-electron chi connectivity index (χ0n) is 8.83. The van der Waals surface area contributed by atoms with Crippen LogP contribution in [0.5, 0.6) is 0 Å². The van der Waals surface area contributed by atoms with Crippen molar-refractivity contribution in [3.8, 4) is 6.07 Å². The Bertz CT molecular complexity index is 508. The first-order valence-electron chi connectivity index (χ1n) is 5.11. The molecule has 88 valence electrons. The van der Waals surface area contributed by atoms with Gasteiger partial charge in [0.2, 0.25) is 0 Å². The second kappa shape index (κ2) is 4.63. The minimum atomic E-state index is -0.720. The molecule has 6 heteroatoms. The molecule has 1 aromatic heterocycles. The highest BCUT2D eigenvalue weighted by Crippen LogP contribution is 2.31. The molecular formula is C11H9BrClN3O. The van der Waals surface area contributed by atoms with Crippen molar-refractivity contribution < 1.29 is 4.79 Å². The Morgan fingerprint density at radius 2 is 2.35 bits per heavy atom. The summed E-state index contributed by atoms with van der Waals surface area (Å²) in [7, 11) is 0. The molecule has 0 aliphatic heterocycles. The van der Waals surface area contributed by atoms with E-state index in [4.69, 9.17) is 16.9 Å². The number of hydrogen-bond donors (Lipinski definition) is 1. The number of carbonyl (C=O) groups is 1. The summed E-state index contributed by atoms with van der Waals surface area (Å²) >= 11 is 9.07. The largest absolute Gasteiger partial charge is 0.334 e. The van der Waals surface area contributed by atoms with Crippen molar-refractivity contribution in [2.75, 3.05) is 0 Å². The van der Waals surface area contributed by atoms with Gasteiger partial charge >= 0.3 is 0 Å². The van der Waals surface area contributed by atoms with Gasteiger partial charge < -0.3 is 5.32 Å². The highest BCUT2D eigenvalue weighted by molar-refractivity contribution is 9.10. The van der Waals surface area contributed by atoms with Crippen LogP contribution in [0, 0.1) is 11.3 Å². The van der Waals surface area contributed by atoms with Crippen LogP contribution in [0.4, 0.5) is 0 Å². The van der Waals surface area contributed by atoms with E-state index in [2.05, 4.69) is 32.3 Å². The molecule has 0 aromatic carbocycles. The van der Waals surface area contributed by atoms with E-state index in [0.717, 1.165) is 6.42 Å². The fraction of sp³-hybridized carbons (Fsp3) is 0.364. The second-order valence-corrected chi connectivity index (χ2v) is 5.27. The SMILES string of the molecule is N#CC1(NC(=O)c2cc(Br)cnc2Cl)CCC1. The fourth-order valence-corrected chi connectivity index (χ4v) is 2.18. The summed E-state index contributed by atoms with van der Waals surface area (Å²) in [6.07, 6.45) is 3.85. The van der Waals surface area contributed by atoms with E-state index in [0.29, 0.717) is 17.3 Å². The first-order valence-corrected chi connectivity index (χ1v) is 6.28. The zero-order valence-corrected chi connectivity index (χ0v) is 11.2. The summed E-state index contributed by atoms with van der Waals surface area (Å²) in [6, 6.07) is 3.73. The Morgan fingerprint density at radius 1 is 1.65 bits per heavy atom. The predicted molar refractivity (Wildman–Crippen MR) is 66.6 cm³/mol. The van der Waals surface area contributed by atoms with Gasteiger partial charge in [-0.3, -0.25) is 4.79 Å². The Morgan fingerprint density at radius 3 is 2.88 bits per heavy atom. The van der Waals surface area contributed by atoms with E-state index in [9.17, 15) is 4.79 Å². The molecule has 1 heterocycles. The molecule has 0 spiro atoms. The lowest BCUT2D eigenvalue weighted by molar-refractivity contribution is 0.0881. The molecule has 1 amide bonds. The van der Waals surface area contributed by atoms with E-state index >= 15 is 0 Å². The van der Waals surface area contributed by atoms with Gasteiger partial charge in [0.15, 0.2) is 0 Å². The first-order chi connectivity index (χ1) is 8.06. The van der Waals surface area contributed by atoms with Crippen molar-refractivity contribution in [2.24, 2.45) is 0 Å². The molecule has 1 N–H and O–H groups in total. The fourth-order valence-electron chi connectivity index (χ4n) is 1.66. The summed E-state index contributed by atoms with van der Waals surface area (Å²) < 4.78 is 0.673. The van der Waals surface area contributed by atoms with E-state index in [-0.39, 0.29) is 16.6 Å². The van der Waals surface area contributed by atoms with Gasteiger partial charge in [0.25, 0.3) is 5.91 Å². The van der Waals surface area contributed by atoms with Crippen LogP contribution in [-0.4, -0.2) is 16.4 Å². The molecule has 0 saturated heterocycles. The summed E-state index contributed by atoms with van der Waals surface area (Å²) in [5, 5.41) is 11.9. The van der Waals surface area contributed by atoms with Crippen LogP contribution in [0.15, 0.2) is 16.7 Å². The number of nitrogens with one attached hydrogen (secondary N) is 1. The molecule has 1 aromatic rings. The number of rotatable bonds is 2. The minimum Gasteiger partial charge on any atom is -0.334 e. The average molecular weight is 315 g/mol. The minimum absolute atomic E-state index is 0.137. The van der Waals surface area contributed by atoms with Crippen LogP contribution in [0.3, 0.4) is 0 Å². The number of nitrogens with zero attached hydrogens (tertiary/aromatic N) is 2. The van der Waals surface area contributed by atoms with Gasteiger partial charge in [-0.15, -0.1) is 0 Å². The number of pyridine rings is 1. The third kappa shape index (κ3) is 2.43. The molecule has 1 fully saturated rings. The van der Waals surface area contributed by atoms with E-state index in [1.54, 1.807) is 6.07 Å². The molecule has 1 saturated carbocycles. The monoisotopic (exact) mass is 313 g/mol. The Hall–Kier alpha value is -1.12. The summed E-state index contributed by atoms with van der Waals surface area (Å²) in [5.74, 6) is -0.356. The van der Waals surface area contributed by atoms with Crippen molar-refractivity contribution in [1.82, 2.24) is 10.3 Å². The second-order valence-electron chi connectivity index (χ2n) is 3.99. The molecule has 2 rings (SSSR count). The standard InChI is InChI=1S/C11H9BrClN3O/c12-7-4-8(9(13)15-5-7)10(17)16-11(6-14)2-1-3-11/h4-5H,1-3H2,(H,16,17). The lowest BCUT2D eigenvalue weighted by atomic mass is 9.78.